The predicted molar refractivity (Wildman–Crippen MR) is 118 cm³/mol. The Labute approximate surface area is 179 Å². The molecular formula is C24H22N4O3. The van der Waals surface area contributed by atoms with E-state index in [1.165, 1.54) is 10.9 Å². The number of ether oxygens (including phenoxy) is 1. The lowest BCUT2D eigenvalue weighted by Crippen LogP contribution is -2.18. The first-order valence-corrected chi connectivity index (χ1v) is 10.1. The number of fused-ring (bicyclic) bond motifs is 1. The fraction of sp³-hybridized carbons (Fsp3) is 0.167. The van der Waals surface area contributed by atoms with Crippen molar-refractivity contribution in [2.24, 2.45) is 0 Å². The van der Waals surface area contributed by atoms with Gasteiger partial charge in [0, 0.05) is 11.8 Å². The Bertz CT molecular complexity index is 1220. The molecule has 0 radical (unpaired) electrons. The third-order valence-electron chi connectivity index (χ3n) is 4.81. The highest BCUT2D eigenvalue weighted by atomic mass is 16.5. The molecule has 0 saturated carbocycles. The first-order chi connectivity index (χ1) is 15.2. The van der Waals surface area contributed by atoms with Crippen LogP contribution in [0.5, 0.6) is 0 Å². The number of aromatic nitrogens is 3. The first kappa shape index (κ1) is 20.3. The van der Waals surface area contributed by atoms with E-state index in [-0.39, 0.29) is 30.3 Å². The van der Waals surface area contributed by atoms with E-state index in [1.807, 2.05) is 60.7 Å². The van der Waals surface area contributed by atoms with Gasteiger partial charge in [-0.1, -0.05) is 48.5 Å². The number of nitrogens with zero attached hydrogens (tertiary/aromatic N) is 3. The van der Waals surface area contributed by atoms with Crippen molar-refractivity contribution in [3.05, 3.63) is 84.1 Å². The van der Waals surface area contributed by atoms with Gasteiger partial charge in [0.05, 0.1) is 18.3 Å². The standard InChI is InChI=1S/C24H22N4O3/c1-2-31-24(30)19-16-25-28(21-14-13-18-10-6-7-11-20(18)26-21)23(19)27-22(29)15-12-17-8-4-3-5-9-17/h3-11,13-14,16H,2,12,15H2,1H3,(H,27,29). The zero-order valence-corrected chi connectivity index (χ0v) is 17.1. The number of benzene rings is 2. The predicted octanol–water partition coefficient (Wildman–Crippen LogP) is 4.17. The number of aryl methyl sites for hydroxylation is 1. The van der Waals surface area contributed by atoms with Gasteiger partial charge in [-0.25, -0.2) is 9.78 Å². The van der Waals surface area contributed by atoms with E-state index in [9.17, 15) is 9.59 Å². The van der Waals surface area contributed by atoms with Crippen LogP contribution < -0.4 is 5.32 Å². The summed E-state index contributed by atoms with van der Waals surface area (Å²) in [6, 6.07) is 21.2. The molecule has 1 amide bonds. The number of hydrogen-bond donors (Lipinski definition) is 1. The van der Waals surface area contributed by atoms with Crippen LogP contribution >= 0.6 is 0 Å². The molecule has 0 bridgehead atoms. The Morgan fingerprint density at radius 3 is 2.58 bits per heavy atom. The quantitative estimate of drug-likeness (QED) is 0.459. The van der Waals surface area contributed by atoms with Crippen LogP contribution in [0.15, 0.2) is 72.9 Å². The minimum absolute atomic E-state index is 0.185. The molecule has 2 aromatic carbocycles. The fourth-order valence-corrected chi connectivity index (χ4v) is 3.27. The molecule has 0 unspecified atom stereocenters. The van der Waals surface area contributed by atoms with Crippen LogP contribution in [0.3, 0.4) is 0 Å². The second kappa shape index (κ2) is 9.21. The van der Waals surface area contributed by atoms with Crippen molar-refractivity contribution in [2.45, 2.75) is 19.8 Å². The van der Waals surface area contributed by atoms with E-state index in [0.29, 0.717) is 12.2 Å². The summed E-state index contributed by atoms with van der Waals surface area (Å²) < 4.78 is 6.59. The molecule has 0 aliphatic carbocycles. The van der Waals surface area contributed by atoms with Crippen LogP contribution in [0.2, 0.25) is 0 Å². The molecule has 2 aromatic heterocycles. The molecule has 0 saturated heterocycles. The normalized spacial score (nSPS) is 10.7. The second-order valence-corrected chi connectivity index (χ2v) is 6.94. The van der Waals surface area contributed by atoms with Crippen molar-refractivity contribution in [3.63, 3.8) is 0 Å². The topological polar surface area (TPSA) is 86.1 Å². The summed E-state index contributed by atoms with van der Waals surface area (Å²) in [6.07, 6.45) is 2.24. The summed E-state index contributed by atoms with van der Waals surface area (Å²) in [4.78, 5) is 29.7. The van der Waals surface area contributed by atoms with Crippen molar-refractivity contribution in [3.8, 4) is 5.82 Å². The SMILES string of the molecule is CCOC(=O)c1cnn(-c2ccc3ccccc3n2)c1NC(=O)CCc1ccccc1. The Kier molecular flexibility index (Phi) is 6.03. The molecule has 2 heterocycles. The lowest BCUT2D eigenvalue weighted by Gasteiger charge is -2.11. The van der Waals surface area contributed by atoms with Crippen LogP contribution in [0.1, 0.15) is 29.3 Å². The molecule has 0 aliphatic rings. The molecule has 7 nitrogen and oxygen atoms in total. The number of carbonyl (C=O) groups is 2. The van der Waals surface area contributed by atoms with E-state index < -0.39 is 5.97 Å². The average Bonchev–Trinajstić information content (AvgIpc) is 3.21. The Morgan fingerprint density at radius 2 is 1.77 bits per heavy atom. The monoisotopic (exact) mass is 414 g/mol. The minimum atomic E-state index is -0.548. The zero-order chi connectivity index (χ0) is 21.6. The molecule has 7 heteroatoms. The number of esters is 1. The van der Waals surface area contributed by atoms with Crippen molar-refractivity contribution >= 4 is 28.6 Å². The molecule has 1 N–H and O–H groups in total. The van der Waals surface area contributed by atoms with E-state index in [0.717, 1.165) is 16.5 Å². The maximum atomic E-state index is 12.7. The third-order valence-corrected chi connectivity index (χ3v) is 4.81. The Morgan fingerprint density at radius 1 is 1.00 bits per heavy atom. The van der Waals surface area contributed by atoms with Crippen molar-refractivity contribution < 1.29 is 14.3 Å². The molecule has 0 aliphatic heterocycles. The van der Waals surface area contributed by atoms with Crippen LogP contribution in [0, 0.1) is 0 Å². The molecule has 0 fully saturated rings. The van der Waals surface area contributed by atoms with Gasteiger partial charge in [-0.15, -0.1) is 0 Å². The fourth-order valence-electron chi connectivity index (χ4n) is 3.27. The van der Waals surface area contributed by atoms with Gasteiger partial charge in [-0.3, -0.25) is 4.79 Å². The van der Waals surface area contributed by atoms with Crippen LogP contribution in [0.25, 0.3) is 16.7 Å². The summed E-state index contributed by atoms with van der Waals surface area (Å²) in [5, 5.41) is 8.13. The van der Waals surface area contributed by atoms with Crippen molar-refractivity contribution in [1.29, 1.82) is 0 Å². The number of nitrogens with one attached hydrogen (secondary N) is 1. The van der Waals surface area contributed by atoms with Crippen molar-refractivity contribution in [2.75, 3.05) is 11.9 Å². The van der Waals surface area contributed by atoms with Crippen molar-refractivity contribution in [1.82, 2.24) is 14.8 Å². The highest BCUT2D eigenvalue weighted by Crippen LogP contribution is 2.22. The van der Waals surface area contributed by atoms with Gasteiger partial charge in [0.2, 0.25) is 5.91 Å². The Hall–Kier alpha value is -4.00. The number of anilines is 1. The lowest BCUT2D eigenvalue weighted by atomic mass is 10.1. The van der Waals surface area contributed by atoms with E-state index in [1.54, 1.807) is 13.0 Å². The van der Waals surface area contributed by atoms with Gasteiger partial charge >= 0.3 is 5.97 Å². The lowest BCUT2D eigenvalue weighted by molar-refractivity contribution is -0.116. The van der Waals surface area contributed by atoms with Gasteiger partial charge in [-0.05, 0) is 37.1 Å². The average molecular weight is 414 g/mol. The van der Waals surface area contributed by atoms with E-state index in [2.05, 4.69) is 15.4 Å². The second-order valence-electron chi connectivity index (χ2n) is 6.94. The van der Waals surface area contributed by atoms with Crippen LogP contribution in [0.4, 0.5) is 5.82 Å². The maximum Gasteiger partial charge on any atom is 0.343 e. The van der Waals surface area contributed by atoms with Gasteiger partial charge in [0.1, 0.15) is 5.56 Å². The molecule has 156 valence electrons. The first-order valence-electron chi connectivity index (χ1n) is 10.1. The number of rotatable bonds is 7. The number of para-hydroxylation sites is 1. The molecule has 4 aromatic rings. The minimum Gasteiger partial charge on any atom is -0.462 e. The largest absolute Gasteiger partial charge is 0.462 e. The molecule has 0 spiro atoms. The van der Waals surface area contributed by atoms with Crippen LogP contribution in [-0.4, -0.2) is 33.2 Å². The van der Waals surface area contributed by atoms with E-state index in [4.69, 9.17) is 4.74 Å². The maximum absolute atomic E-state index is 12.7. The van der Waals surface area contributed by atoms with E-state index >= 15 is 0 Å². The summed E-state index contributed by atoms with van der Waals surface area (Å²) in [7, 11) is 0. The number of carbonyl (C=O) groups excluding carboxylic acids is 2. The highest BCUT2D eigenvalue weighted by molar-refractivity contribution is 6.00. The molecule has 0 atom stereocenters. The number of amides is 1. The third kappa shape index (κ3) is 4.61. The summed E-state index contributed by atoms with van der Waals surface area (Å²) in [5.41, 5.74) is 2.03. The zero-order valence-electron chi connectivity index (χ0n) is 17.1. The van der Waals surface area contributed by atoms with Gasteiger partial charge in [-0.2, -0.15) is 9.78 Å². The summed E-state index contributed by atoms with van der Waals surface area (Å²) in [5.74, 6) is -0.0308. The summed E-state index contributed by atoms with van der Waals surface area (Å²) in [6.45, 7) is 1.95. The smallest absolute Gasteiger partial charge is 0.343 e. The van der Waals surface area contributed by atoms with Crippen LogP contribution in [-0.2, 0) is 16.0 Å². The number of hydrogen-bond acceptors (Lipinski definition) is 5. The molecular weight excluding hydrogens is 392 g/mol. The van der Waals surface area contributed by atoms with Gasteiger partial charge < -0.3 is 10.1 Å². The van der Waals surface area contributed by atoms with Gasteiger partial charge in [0.15, 0.2) is 11.6 Å². The number of pyridine rings is 1. The molecule has 4 rings (SSSR count). The highest BCUT2D eigenvalue weighted by Gasteiger charge is 2.22. The van der Waals surface area contributed by atoms with Gasteiger partial charge in [0.25, 0.3) is 0 Å². The Balaban J connectivity index is 1.64. The molecule has 31 heavy (non-hydrogen) atoms. The summed E-state index contributed by atoms with van der Waals surface area (Å²) >= 11 is 0.